The maximum absolute atomic E-state index is 13.3. The van der Waals surface area contributed by atoms with Gasteiger partial charge in [0.15, 0.2) is 19.5 Å². The van der Waals surface area contributed by atoms with Crippen LogP contribution in [0.4, 0.5) is 0 Å². The molecule has 2 aromatic carbocycles. The van der Waals surface area contributed by atoms with Crippen molar-refractivity contribution in [2.45, 2.75) is 59.0 Å². The van der Waals surface area contributed by atoms with Gasteiger partial charge in [-0.15, -0.1) is 0 Å². The van der Waals surface area contributed by atoms with Crippen molar-refractivity contribution in [1.29, 1.82) is 0 Å². The molecule has 0 radical (unpaired) electrons. The molecule has 1 saturated heterocycles. The Morgan fingerprint density at radius 1 is 0.732 bits per heavy atom. The fourth-order valence-electron chi connectivity index (χ4n) is 5.44. The number of rotatable bonds is 26. The van der Waals surface area contributed by atoms with Crippen molar-refractivity contribution >= 4 is 41.7 Å². The molecule has 3 rings (SSSR count). The van der Waals surface area contributed by atoms with Crippen molar-refractivity contribution in [1.82, 2.24) is 26.2 Å². The van der Waals surface area contributed by atoms with E-state index >= 15 is 0 Å². The first-order valence-electron chi connectivity index (χ1n) is 18.6. The molecular weight excluding hydrogens is 730 g/mol. The Bertz CT molecular complexity index is 1670. The van der Waals surface area contributed by atoms with E-state index in [1.165, 1.54) is 12.1 Å². The van der Waals surface area contributed by atoms with Crippen LogP contribution in [0.2, 0.25) is 0 Å². The highest BCUT2D eigenvalue weighted by Crippen LogP contribution is 2.33. The van der Waals surface area contributed by atoms with Crippen LogP contribution in [0.5, 0.6) is 17.2 Å². The summed E-state index contributed by atoms with van der Waals surface area (Å²) in [6.07, 6.45) is 1.62. The van der Waals surface area contributed by atoms with Gasteiger partial charge in [-0.1, -0.05) is 0 Å². The van der Waals surface area contributed by atoms with E-state index in [2.05, 4.69) is 21.3 Å². The number of nitrogens with one attached hydrogen (secondary N) is 4. The summed E-state index contributed by atoms with van der Waals surface area (Å²) < 4.78 is 28.2. The third-order valence-corrected chi connectivity index (χ3v) is 8.22. The predicted octanol–water partition coefficient (Wildman–Crippen LogP) is 1.55. The third kappa shape index (κ3) is 16.0. The quantitative estimate of drug-likeness (QED) is 0.0608. The van der Waals surface area contributed by atoms with Gasteiger partial charge in [-0.25, -0.2) is 0 Å². The van der Waals surface area contributed by atoms with Crippen LogP contribution < -0.4 is 35.5 Å². The number of nitrogens with zero attached hydrogens (tertiary/aromatic N) is 1. The van der Waals surface area contributed by atoms with Gasteiger partial charge in [0.1, 0.15) is 23.9 Å². The zero-order valence-electron chi connectivity index (χ0n) is 32.5. The van der Waals surface area contributed by atoms with Crippen molar-refractivity contribution in [3.63, 3.8) is 0 Å². The highest BCUT2D eigenvalue weighted by Gasteiger charge is 2.28. The lowest BCUT2D eigenvalue weighted by Gasteiger charge is -2.24. The number of amides is 6. The van der Waals surface area contributed by atoms with Gasteiger partial charge in [0.05, 0.1) is 25.4 Å². The Labute approximate surface area is 326 Å². The van der Waals surface area contributed by atoms with Crippen molar-refractivity contribution < 1.29 is 57.2 Å². The van der Waals surface area contributed by atoms with Crippen molar-refractivity contribution in [3.8, 4) is 28.4 Å². The molecule has 0 spiro atoms. The molecule has 0 bridgehead atoms. The van der Waals surface area contributed by atoms with E-state index in [0.717, 1.165) is 4.90 Å². The molecule has 2 aromatic rings. The molecule has 0 saturated carbocycles. The summed E-state index contributed by atoms with van der Waals surface area (Å²) in [5.41, 5.74) is 0.749. The molecule has 17 heteroatoms. The largest absolute Gasteiger partial charge is 0.486 e. The number of hydrogen-bond donors (Lipinski definition) is 4. The van der Waals surface area contributed by atoms with E-state index in [4.69, 9.17) is 23.7 Å². The van der Waals surface area contributed by atoms with Crippen LogP contribution in [-0.2, 0) is 38.2 Å². The van der Waals surface area contributed by atoms with E-state index in [1.807, 2.05) is 20.8 Å². The number of likely N-dealkylation sites (N-methyl/N-ethyl adjacent to an activating group) is 1. The molecule has 17 nitrogen and oxygen atoms in total. The molecule has 0 atom stereocenters. The van der Waals surface area contributed by atoms with E-state index < -0.39 is 11.5 Å². The van der Waals surface area contributed by atoms with E-state index in [-0.39, 0.29) is 124 Å². The molecule has 1 aliphatic heterocycles. The maximum Gasteiger partial charge on any atom is 0.257 e. The van der Waals surface area contributed by atoms with Crippen LogP contribution in [0.3, 0.4) is 0 Å². The lowest BCUT2D eigenvalue weighted by molar-refractivity contribution is -0.139. The van der Waals surface area contributed by atoms with Crippen molar-refractivity contribution in [3.05, 3.63) is 42.0 Å². The SMILES string of the molecule is CCNC(=O)COc1cc(OCC(=O)NCCC(C)(C)OCC)cc(-c2cc(OCC=O)cc(C(=O)NCCNC(=O)CCOCCN3C(=O)CCC3=O)c2)c1. The van der Waals surface area contributed by atoms with Gasteiger partial charge in [-0.05, 0) is 75.6 Å². The predicted molar refractivity (Wildman–Crippen MR) is 203 cm³/mol. The molecule has 0 aromatic heterocycles. The van der Waals surface area contributed by atoms with E-state index in [9.17, 15) is 33.6 Å². The Balaban J connectivity index is 1.65. The van der Waals surface area contributed by atoms with Gasteiger partial charge in [0, 0.05) is 63.7 Å². The topological polar surface area (TPSA) is 217 Å². The lowest BCUT2D eigenvalue weighted by atomic mass is 10.0. The summed E-state index contributed by atoms with van der Waals surface area (Å²) in [6.45, 7) is 8.65. The van der Waals surface area contributed by atoms with Crippen LogP contribution in [0, 0.1) is 0 Å². The maximum atomic E-state index is 13.3. The smallest absolute Gasteiger partial charge is 0.257 e. The molecule has 1 aliphatic rings. The van der Waals surface area contributed by atoms with E-state index in [1.54, 1.807) is 31.2 Å². The molecule has 56 heavy (non-hydrogen) atoms. The summed E-state index contributed by atoms with van der Waals surface area (Å²) in [4.78, 5) is 85.9. The minimum Gasteiger partial charge on any atom is -0.486 e. The normalized spacial score (nSPS) is 12.5. The molecule has 306 valence electrons. The Kier molecular flexibility index (Phi) is 18.7. The van der Waals surface area contributed by atoms with Crippen LogP contribution in [0.1, 0.15) is 63.7 Å². The average molecular weight is 784 g/mol. The van der Waals surface area contributed by atoms with Gasteiger partial charge in [0.25, 0.3) is 17.7 Å². The number of ether oxygens (including phenoxy) is 5. The van der Waals surface area contributed by atoms with Crippen molar-refractivity contribution in [2.75, 3.05) is 72.4 Å². The average Bonchev–Trinajstić information content (AvgIpc) is 3.49. The summed E-state index contributed by atoms with van der Waals surface area (Å²) >= 11 is 0. The summed E-state index contributed by atoms with van der Waals surface area (Å²) in [7, 11) is 0. The Morgan fingerprint density at radius 3 is 1.95 bits per heavy atom. The van der Waals surface area contributed by atoms with E-state index in [0.29, 0.717) is 43.5 Å². The third-order valence-electron chi connectivity index (χ3n) is 8.22. The first kappa shape index (κ1) is 44.8. The molecule has 1 heterocycles. The Morgan fingerprint density at radius 2 is 1.32 bits per heavy atom. The summed E-state index contributed by atoms with van der Waals surface area (Å²) in [6, 6.07) is 9.47. The zero-order valence-corrected chi connectivity index (χ0v) is 32.5. The summed E-state index contributed by atoms with van der Waals surface area (Å²) in [5, 5.41) is 10.9. The fourth-order valence-corrected chi connectivity index (χ4v) is 5.44. The molecular formula is C39H53N5O12. The minimum atomic E-state index is -0.490. The first-order chi connectivity index (χ1) is 26.8. The van der Waals surface area contributed by atoms with Crippen LogP contribution in [0.25, 0.3) is 11.1 Å². The number of imide groups is 1. The van der Waals surface area contributed by atoms with Gasteiger partial charge < -0.3 is 45.0 Å². The second kappa shape index (κ2) is 23.4. The number of aldehydes is 1. The van der Waals surface area contributed by atoms with Gasteiger partial charge in [-0.2, -0.15) is 0 Å². The van der Waals surface area contributed by atoms with Gasteiger partial charge in [-0.3, -0.25) is 38.5 Å². The number of likely N-dealkylation sites (tertiary alicyclic amines) is 1. The minimum absolute atomic E-state index is 0.0462. The second-order valence-corrected chi connectivity index (χ2v) is 13.1. The highest BCUT2D eigenvalue weighted by atomic mass is 16.5. The number of carbonyl (C=O) groups is 7. The van der Waals surface area contributed by atoms with Crippen LogP contribution in [-0.4, -0.2) is 125 Å². The number of benzene rings is 2. The molecule has 6 amide bonds. The Hall–Kier alpha value is -5.55. The van der Waals surface area contributed by atoms with Crippen LogP contribution >= 0.6 is 0 Å². The summed E-state index contributed by atoms with van der Waals surface area (Å²) in [5.74, 6) is -1.22. The molecule has 4 N–H and O–H groups in total. The van der Waals surface area contributed by atoms with Gasteiger partial charge >= 0.3 is 0 Å². The monoisotopic (exact) mass is 783 g/mol. The standard InChI is InChI=1S/C39H53N5O12/c1-5-40-34(47)25-54-31-21-28(22-32(24-31)55-26-35(48)41-11-10-39(3,4)56-6-2)27-19-29(23-30(20-27)53-18-15-45)38(51)43-13-12-42-33(46)9-16-52-17-14-44-36(49)7-8-37(44)50/h15,19-24H,5-14,16-18,25-26H2,1-4H3,(H,40,47)(H,41,48)(H,42,46)(H,43,51). The molecule has 0 unspecified atom stereocenters. The molecule has 1 fully saturated rings. The number of hydrogen-bond acceptors (Lipinski definition) is 12. The zero-order chi connectivity index (χ0) is 40.9. The second-order valence-electron chi connectivity index (χ2n) is 13.1. The fraction of sp³-hybridized carbons (Fsp3) is 0.513. The molecule has 0 aliphatic carbocycles. The van der Waals surface area contributed by atoms with Crippen molar-refractivity contribution in [2.24, 2.45) is 0 Å². The highest BCUT2D eigenvalue weighted by molar-refractivity contribution is 6.02. The lowest BCUT2D eigenvalue weighted by Crippen LogP contribution is -2.35. The first-order valence-corrected chi connectivity index (χ1v) is 18.6. The van der Waals surface area contributed by atoms with Gasteiger partial charge in [0.2, 0.25) is 17.7 Å². The van der Waals surface area contributed by atoms with Crippen LogP contribution in [0.15, 0.2) is 36.4 Å². The number of carbonyl (C=O) groups excluding carboxylic acids is 7.